The number of rotatable bonds is 9. The van der Waals surface area contributed by atoms with Crippen LogP contribution in [-0.4, -0.2) is 23.3 Å². The molecule has 0 saturated heterocycles. The van der Waals surface area contributed by atoms with Gasteiger partial charge in [-0.2, -0.15) is 5.10 Å². The number of nitrogens with one attached hydrogen (secondary N) is 1. The van der Waals surface area contributed by atoms with E-state index in [0.29, 0.717) is 17.9 Å². The van der Waals surface area contributed by atoms with Gasteiger partial charge in [-0.1, -0.05) is 73.3 Å². The van der Waals surface area contributed by atoms with Crippen LogP contribution in [0, 0.1) is 0 Å². The Kier molecular flexibility index (Phi) is 8.15. The van der Waals surface area contributed by atoms with Gasteiger partial charge in [0.25, 0.3) is 5.91 Å². The van der Waals surface area contributed by atoms with Crippen molar-refractivity contribution in [3.05, 3.63) is 144 Å². The summed E-state index contributed by atoms with van der Waals surface area (Å²) in [5.74, 6) is 0.423. The molecular formula is C33H26BrN3O2. The molecule has 192 valence electrons. The summed E-state index contributed by atoms with van der Waals surface area (Å²) < 4.78 is 8.57. The molecule has 1 N–H and O–H groups in total. The quantitative estimate of drug-likeness (QED) is 0.110. The van der Waals surface area contributed by atoms with Crippen LogP contribution in [0.4, 0.5) is 0 Å². The molecule has 0 spiro atoms. The van der Waals surface area contributed by atoms with Crippen molar-refractivity contribution in [3.8, 4) is 34.0 Å². The van der Waals surface area contributed by atoms with Gasteiger partial charge in [0.15, 0.2) is 0 Å². The highest BCUT2D eigenvalue weighted by molar-refractivity contribution is 9.10. The number of ether oxygens (including phenoxy) is 1. The molecule has 0 fully saturated rings. The first-order valence-corrected chi connectivity index (χ1v) is 13.2. The zero-order valence-corrected chi connectivity index (χ0v) is 22.7. The number of amides is 1. The lowest BCUT2D eigenvalue weighted by Crippen LogP contribution is -2.17. The van der Waals surface area contributed by atoms with Crippen molar-refractivity contribution in [1.82, 2.24) is 9.99 Å². The maximum absolute atomic E-state index is 12.8. The van der Waals surface area contributed by atoms with E-state index >= 15 is 0 Å². The maximum atomic E-state index is 12.8. The van der Waals surface area contributed by atoms with Crippen LogP contribution in [0.25, 0.3) is 28.2 Å². The summed E-state index contributed by atoms with van der Waals surface area (Å²) in [5, 5.41) is 4.12. The van der Waals surface area contributed by atoms with Crippen LogP contribution in [0.15, 0.2) is 137 Å². The first-order valence-electron chi connectivity index (χ1n) is 12.4. The Labute approximate surface area is 236 Å². The Bertz CT molecular complexity index is 1550. The van der Waals surface area contributed by atoms with Crippen molar-refractivity contribution in [3.63, 3.8) is 0 Å². The molecular weight excluding hydrogens is 550 g/mol. The number of benzene rings is 4. The molecule has 5 nitrogen and oxygen atoms in total. The lowest BCUT2D eigenvalue weighted by atomic mass is 10.1. The Morgan fingerprint density at radius 2 is 1.46 bits per heavy atom. The van der Waals surface area contributed by atoms with Gasteiger partial charge in [-0.15, -0.1) is 0 Å². The minimum atomic E-state index is -0.290. The number of hydrogen-bond acceptors (Lipinski definition) is 3. The van der Waals surface area contributed by atoms with Crippen molar-refractivity contribution in [2.75, 3.05) is 6.61 Å². The summed E-state index contributed by atoms with van der Waals surface area (Å²) in [7, 11) is 0. The number of nitrogens with zero attached hydrogens (tertiary/aromatic N) is 2. The third-order valence-electron chi connectivity index (χ3n) is 6.10. The summed E-state index contributed by atoms with van der Waals surface area (Å²) >= 11 is 3.49. The Hall–Kier alpha value is -4.68. The van der Waals surface area contributed by atoms with Crippen LogP contribution >= 0.6 is 15.9 Å². The zero-order valence-electron chi connectivity index (χ0n) is 21.1. The number of carbonyl (C=O) groups is 1. The SMILES string of the molecule is C=CCOc1ccc(/C=N\NC(=O)c2ccc(-n3c(-c4ccccc4)ccc3-c3ccccc3)cc2)cc1Br. The Balaban J connectivity index is 1.35. The molecule has 0 aliphatic heterocycles. The number of carbonyl (C=O) groups excluding carboxylic acids is 1. The van der Waals surface area contributed by atoms with E-state index in [4.69, 9.17) is 4.74 Å². The number of hydrogen-bond donors (Lipinski definition) is 1. The normalized spacial score (nSPS) is 10.9. The molecule has 6 heteroatoms. The van der Waals surface area contributed by atoms with E-state index in [-0.39, 0.29) is 5.91 Å². The predicted molar refractivity (Wildman–Crippen MR) is 162 cm³/mol. The summed E-state index contributed by atoms with van der Waals surface area (Å²) in [6, 6.07) is 37.9. The predicted octanol–water partition coefficient (Wildman–Crippen LogP) is 7.90. The second-order valence-corrected chi connectivity index (χ2v) is 9.56. The van der Waals surface area contributed by atoms with Crippen LogP contribution < -0.4 is 10.2 Å². The van der Waals surface area contributed by atoms with Gasteiger partial charge < -0.3 is 9.30 Å². The number of halogens is 1. The van der Waals surface area contributed by atoms with Crippen molar-refractivity contribution in [2.45, 2.75) is 0 Å². The van der Waals surface area contributed by atoms with E-state index in [1.165, 1.54) is 0 Å². The summed E-state index contributed by atoms with van der Waals surface area (Å²) in [4.78, 5) is 12.8. The van der Waals surface area contributed by atoms with Gasteiger partial charge in [0.05, 0.1) is 22.1 Å². The minimum Gasteiger partial charge on any atom is -0.488 e. The van der Waals surface area contributed by atoms with E-state index in [1.807, 2.05) is 78.9 Å². The Morgan fingerprint density at radius 1 is 0.846 bits per heavy atom. The van der Waals surface area contributed by atoms with E-state index in [2.05, 4.69) is 74.0 Å². The van der Waals surface area contributed by atoms with Crippen LogP contribution in [0.2, 0.25) is 0 Å². The van der Waals surface area contributed by atoms with Crippen LogP contribution in [0.1, 0.15) is 15.9 Å². The van der Waals surface area contributed by atoms with Crippen LogP contribution in [0.3, 0.4) is 0 Å². The second-order valence-electron chi connectivity index (χ2n) is 8.71. The summed E-state index contributed by atoms with van der Waals surface area (Å²) in [6.07, 6.45) is 3.28. The fourth-order valence-corrected chi connectivity index (χ4v) is 4.75. The van der Waals surface area contributed by atoms with Crippen molar-refractivity contribution >= 4 is 28.1 Å². The van der Waals surface area contributed by atoms with Crippen LogP contribution in [0.5, 0.6) is 5.75 Å². The van der Waals surface area contributed by atoms with Gasteiger partial charge in [-0.25, -0.2) is 5.43 Å². The molecule has 0 unspecified atom stereocenters. The van der Waals surface area contributed by atoms with E-state index in [0.717, 1.165) is 38.2 Å². The molecule has 1 amide bonds. The summed E-state index contributed by atoms with van der Waals surface area (Å²) in [6.45, 7) is 4.08. The van der Waals surface area contributed by atoms with E-state index < -0.39 is 0 Å². The van der Waals surface area contributed by atoms with Crippen molar-refractivity contribution in [1.29, 1.82) is 0 Å². The highest BCUT2D eigenvalue weighted by Crippen LogP contribution is 2.32. The minimum absolute atomic E-state index is 0.290. The molecule has 0 atom stereocenters. The highest BCUT2D eigenvalue weighted by Gasteiger charge is 2.14. The average Bonchev–Trinajstić information content (AvgIpc) is 3.43. The fourth-order valence-electron chi connectivity index (χ4n) is 4.24. The molecule has 1 heterocycles. The van der Waals surface area contributed by atoms with Crippen LogP contribution in [-0.2, 0) is 0 Å². The monoisotopic (exact) mass is 575 g/mol. The average molecular weight is 576 g/mol. The number of hydrazone groups is 1. The summed E-state index contributed by atoms with van der Waals surface area (Å²) in [5.41, 5.74) is 9.27. The highest BCUT2D eigenvalue weighted by atomic mass is 79.9. The van der Waals surface area contributed by atoms with Gasteiger partial charge in [-0.3, -0.25) is 4.79 Å². The molecule has 39 heavy (non-hydrogen) atoms. The van der Waals surface area contributed by atoms with Gasteiger partial charge >= 0.3 is 0 Å². The molecule has 0 saturated carbocycles. The second kappa shape index (κ2) is 12.2. The van der Waals surface area contributed by atoms with Gasteiger partial charge in [0.1, 0.15) is 12.4 Å². The Morgan fingerprint density at radius 3 is 2.03 bits per heavy atom. The smallest absolute Gasteiger partial charge is 0.271 e. The molecule has 0 aliphatic rings. The molecule has 0 aliphatic carbocycles. The lowest BCUT2D eigenvalue weighted by molar-refractivity contribution is 0.0955. The molecule has 4 aromatic carbocycles. The zero-order chi connectivity index (χ0) is 27.0. The fraction of sp³-hybridized carbons (Fsp3) is 0.0303. The van der Waals surface area contributed by atoms with Gasteiger partial charge in [0.2, 0.25) is 0 Å². The third-order valence-corrected chi connectivity index (χ3v) is 6.72. The molecule has 0 radical (unpaired) electrons. The largest absolute Gasteiger partial charge is 0.488 e. The van der Waals surface area contributed by atoms with E-state index in [9.17, 15) is 4.79 Å². The standard InChI is InChI=1S/C33H26BrN3O2/c1-2-21-39-32-20-13-24(22-29(32)34)23-35-36-33(38)27-14-16-28(17-15-27)37-30(25-9-5-3-6-10-25)18-19-31(37)26-11-7-4-8-12-26/h2-20,22-23H,1,21H2,(H,36,38)/b35-23-. The molecule has 1 aromatic heterocycles. The molecule has 0 bridgehead atoms. The third kappa shape index (κ3) is 6.08. The molecule has 5 aromatic rings. The number of aromatic nitrogens is 1. The maximum Gasteiger partial charge on any atom is 0.271 e. The van der Waals surface area contributed by atoms with Crippen molar-refractivity contribution in [2.24, 2.45) is 5.10 Å². The topological polar surface area (TPSA) is 55.6 Å². The molecule has 5 rings (SSSR count). The van der Waals surface area contributed by atoms with Gasteiger partial charge in [0, 0.05) is 11.3 Å². The lowest BCUT2D eigenvalue weighted by Gasteiger charge is -2.15. The first-order chi connectivity index (χ1) is 19.1. The van der Waals surface area contributed by atoms with E-state index in [1.54, 1.807) is 12.3 Å². The first kappa shape index (κ1) is 25.9. The van der Waals surface area contributed by atoms with Crippen molar-refractivity contribution < 1.29 is 9.53 Å². The van der Waals surface area contributed by atoms with Gasteiger partial charge in [-0.05, 0) is 87.2 Å².